The molecule has 1 aromatic carbocycles. The number of thioether (sulfide) groups is 1. The van der Waals surface area contributed by atoms with Crippen LogP contribution in [0, 0.1) is 0 Å². The molecule has 4 nitrogen and oxygen atoms in total. The van der Waals surface area contributed by atoms with Crippen LogP contribution in [0.15, 0.2) is 58.6 Å². The summed E-state index contributed by atoms with van der Waals surface area (Å²) in [6, 6.07) is 13.8. The third-order valence-corrected chi connectivity index (χ3v) is 5.74. The average molecular weight is 358 g/mol. The summed E-state index contributed by atoms with van der Waals surface area (Å²) in [5.41, 5.74) is 3.89. The second kappa shape index (κ2) is 7.32. The Hall–Kier alpha value is -1.92. The number of thiol groups is 1. The summed E-state index contributed by atoms with van der Waals surface area (Å²) in [5.74, 6) is 0.0708. The fraction of sp³-hybridized carbons (Fsp3) is 0.222. The number of carbonyl (C=O) groups is 1. The lowest BCUT2D eigenvalue weighted by molar-refractivity contribution is -0.130. The molecule has 1 amide bonds. The van der Waals surface area contributed by atoms with Crippen LogP contribution in [0.1, 0.15) is 12.5 Å². The predicted molar refractivity (Wildman–Crippen MR) is 102 cm³/mol. The molecule has 0 fully saturated rings. The molecule has 1 aliphatic rings. The molecular weight excluding hydrogens is 338 g/mol. The van der Waals surface area contributed by atoms with E-state index < -0.39 is 0 Å². The molecule has 124 valence electrons. The molecule has 2 heterocycles. The maximum Gasteiger partial charge on any atom is 0.229 e. The summed E-state index contributed by atoms with van der Waals surface area (Å²) < 4.78 is 0.930. The number of pyridine rings is 1. The van der Waals surface area contributed by atoms with Crippen molar-refractivity contribution in [2.45, 2.75) is 18.8 Å². The lowest BCUT2D eigenvalue weighted by Gasteiger charge is -2.24. The highest BCUT2D eigenvalue weighted by Gasteiger charge is 2.26. The van der Waals surface area contributed by atoms with Gasteiger partial charge in [-0.25, -0.2) is 0 Å². The minimum absolute atomic E-state index is 0.0708. The molecule has 24 heavy (non-hydrogen) atoms. The highest BCUT2D eigenvalue weighted by molar-refractivity contribution is 8.16. The third-order valence-electron chi connectivity index (χ3n) is 3.90. The highest BCUT2D eigenvalue weighted by atomic mass is 32.2. The van der Waals surface area contributed by atoms with E-state index in [1.165, 1.54) is 0 Å². The molecule has 2 aromatic rings. The Morgan fingerprint density at radius 2 is 2.04 bits per heavy atom. The Labute approximate surface area is 151 Å². The molecule has 1 N–H and O–H groups in total. The van der Waals surface area contributed by atoms with E-state index in [2.05, 4.69) is 22.9 Å². The zero-order chi connectivity index (χ0) is 17.1. The summed E-state index contributed by atoms with van der Waals surface area (Å²) in [4.78, 5) is 18.5. The van der Waals surface area contributed by atoms with Gasteiger partial charge in [0, 0.05) is 24.5 Å². The van der Waals surface area contributed by atoms with Crippen molar-refractivity contribution in [1.82, 2.24) is 15.2 Å². The largest absolute Gasteiger partial charge is 0.359 e. The van der Waals surface area contributed by atoms with Crippen LogP contribution >= 0.6 is 24.4 Å². The number of nitrogens with zero attached hydrogens (tertiary/aromatic N) is 2. The Balaban J connectivity index is 1.63. The van der Waals surface area contributed by atoms with E-state index in [1.807, 2.05) is 56.4 Å². The Morgan fingerprint density at radius 1 is 1.29 bits per heavy atom. The number of rotatable bonds is 4. The zero-order valence-corrected chi connectivity index (χ0v) is 15.3. The minimum atomic E-state index is -0.0854. The van der Waals surface area contributed by atoms with Crippen molar-refractivity contribution in [2.24, 2.45) is 0 Å². The van der Waals surface area contributed by atoms with Gasteiger partial charge < -0.3 is 10.2 Å². The standard InChI is InChI=1S/C18H19N3OS2/c1-12-17(23)24-18(20-12)21(2)16(22)11-13-6-8-14(9-7-13)15-5-3-4-10-19-15/h3-10,18,20,23H,11H2,1-2H3. The minimum Gasteiger partial charge on any atom is -0.359 e. The van der Waals surface area contributed by atoms with Crippen LogP contribution in [0.4, 0.5) is 0 Å². The van der Waals surface area contributed by atoms with Gasteiger partial charge in [-0.1, -0.05) is 42.1 Å². The van der Waals surface area contributed by atoms with Crippen LogP contribution < -0.4 is 5.32 Å². The number of nitrogens with one attached hydrogen (secondary N) is 1. The quantitative estimate of drug-likeness (QED) is 0.822. The van der Waals surface area contributed by atoms with Gasteiger partial charge in [0.25, 0.3) is 0 Å². The van der Waals surface area contributed by atoms with Gasteiger partial charge in [-0.05, 0) is 24.6 Å². The number of amides is 1. The molecule has 1 aromatic heterocycles. The van der Waals surface area contributed by atoms with Gasteiger partial charge in [-0.3, -0.25) is 9.78 Å². The van der Waals surface area contributed by atoms with E-state index >= 15 is 0 Å². The maximum atomic E-state index is 12.5. The van der Waals surface area contributed by atoms with Crippen LogP contribution in [0.3, 0.4) is 0 Å². The van der Waals surface area contributed by atoms with Gasteiger partial charge in [0.05, 0.1) is 16.4 Å². The Morgan fingerprint density at radius 3 is 2.62 bits per heavy atom. The first-order chi connectivity index (χ1) is 11.5. The van der Waals surface area contributed by atoms with Crippen molar-refractivity contribution >= 4 is 30.3 Å². The van der Waals surface area contributed by atoms with Crippen molar-refractivity contribution < 1.29 is 4.79 Å². The van der Waals surface area contributed by atoms with Gasteiger partial charge in [0.2, 0.25) is 5.91 Å². The van der Waals surface area contributed by atoms with Crippen molar-refractivity contribution in [3.05, 3.63) is 64.2 Å². The fourth-order valence-electron chi connectivity index (χ4n) is 2.40. The zero-order valence-electron chi connectivity index (χ0n) is 13.6. The number of hydrogen-bond acceptors (Lipinski definition) is 5. The molecule has 0 saturated carbocycles. The normalized spacial score (nSPS) is 16.9. The number of aromatic nitrogens is 1. The number of hydrogen-bond donors (Lipinski definition) is 2. The van der Waals surface area contributed by atoms with Gasteiger partial charge in [0.1, 0.15) is 0 Å². The first kappa shape index (κ1) is 16.9. The molecule has 1 atom stereocenters. The summed E-state index contributed by atoms with van der Waals surface area (Å²) in [6.45, 7) is 1.96. The van der Waals surface area contributed by atoms with Crippen molar-refractivity contribution in [3.8, 4) is 11.3 Å². The smallest absolute Gasteiger partial charge is 0.229 e. The van der Waals surface area contributed by atoms with E-state index in [1.54, 1.807) is 22.9 Å². The van der Waals surface area contributed by atoms with Crippen molar-refractivity contribution in [2.75, 3.05) is 7.05 Å². The monoisotopic (exact) mass is 357 g/mol. The van der Waals surface area contributed by atoms with E-state index in [-0.39, 0.29) is 11.4 Å². The second-order valence-corrected chi connectivity index (χ2v) is 7.48. The van der Waals surface area contributed by atoms with E-state index in [4.69, 9.17) is 0 Å². The topological polar surface area (TPSA) is 45.2 Å². The molecule has 1 unspecified atom stereocenters. The molecule has 0 spiro atoms. The fourth-order valence-corrected chi connectivity index (χ4v) is 3.73. The van der Waals surface area contributed by atoms with Crippen molar-refractivity contribution in [3.63, 3.8) is 0 Å². The first-order valence-corrected chi connectivity index (χ1v) is 8.96. The molecule has 0 bridgehead atoms. The number of benzene rings is 1. The molecular formula is C18H19N3OS2. The highest BCUT2D eigenvalue weighted by Crippen LogP contribution is 2.33. The first-order valence-electron chi connectivity index (χ1n) is 7.63. The van der Waals surface area contributed by atoms with Gasteiger partial charge in [0.15, 0.2) is 5.50 Å². The number of carbonyl (C=O) groups excluding carboxylic acids is 1. The molecule has 0 aliphatic carbocycles. The number of likely N-dealkylation sites (N-methyl/N-ethyl adjacent to an activating group) is 1. The van der Waals surface area contributed by atoms with Crippen LogP contribution in [-0.2, 0) is 11.2 Å². The molecule has 1 aliphatic heterocycles. The van der Waals surface area contributed by atoms with Crippen LogP contribution in [-0.4, -0.2) is 28.3 Å². The Bertz CT molecular complexity index is 746. The molecule has 0 radical (unpaired) electrons. The molecule has 0 saturated heterocycles. The van der Waals surface area contributed by atoms with E-state index in [0.717, 1.165) is 26.8 Å². The summed E-state index contributed by atoms with van der Waals surface area (Å²) in [5, 5.41) is 3.26. The van der Waals surface area contributed by atoms with Gasteiger partial charge in [-0.2, -0.15) is 0 Å². The van der Waals surface area contributed by atoms with Gasteiger partial charge in [-0.15, -0.1) is 12.6 Å². The van der Waals surface area contributed by atoms with E-state index in [9.17, 15) is 4.79 Å². The van der Waals surface area contributed by atoms with Gasteiger partial charge >= 0.3 is 0 Å². The number of allylic oxidation sites excluding steroid dienone is 1. The van der Waals surface area contributed by atoms with E-state index in [0.29, 0.717) is 6.42 Å². The van der Waals surface area contributed by atoms with Crippen molar-refractivity contribution in [1.29, 1.82) is 0 Å². The maximum absolute atomic E-state index is 12.5. The average Bonchev–Trinajstić information content (AvgIpc) is 2.94. The predicted octanol–water partition coefficient (Wildman–Crippen LogP) is 3.49. The van der Waals surface area contributed by atoms with Crippen LogP contribution in [0.5, 0.6) is 0 Å². The summed E-state index contributed by atoms with van der Waals surface area (Å²) in [6.07, 6.45) is 2.15. The van der Waals surface area contributed by atoms with Crippen LogP contribution in [0.25, 0.3) is 11.3 Å². The lowest BCUT2D eigenvalue weighted by Crippen LogP contribution is -2.42. The summed E-state index contributed by atoms with van der Waals surface area (Å²) in [7, 11) is 1.81. The summed E-state index contributed by atoms with van der Waals surface area (Å²) >= 11 is 5.94. The Kier molecular flexibility index (Phi) is 5.16. The van der Waals surface area contributed by atoms with Crippen LogP contribution in [0.2, 0.25) is 0 Å². The SMILES string of the molecule is CC1=C(S)SC(N(C)C(=O)Cc2ccc(-c3ccccn3)cc2)N1. The lowest BCUT2D eigenvalue weighted by atomic mass is 10.1. The molecule has 3 rings (SSSR count). The molecule has 6 heteroatoms. The third kappa shape index (κ3) is 3.76. The second-order valence-electron chi connectivity index (χ2n) is 5.64.